The van der Waals surface area contributed by atoms with Gasteiger partial charge in [-0.3, -0.25) is 9.59 Å². The maximum absolute atomic E-state index is 12.5. The summed E-state index contributed by atoms with van der Waals surface area (Å²) in [5.41, 5.74) is 5.04. The van der Waals surface area contributed by atoms with Crippen LogP contribution in [0.4, 0.5) is 0 Å². The Balaban J connectivity index is 1.66. The molecule has 2 aliphatic rings. The zero-order valence-corrected chi connectivity index (χ0v) is 16.0. The van der Waals surface area contributed by atoms with Crippen LogP contribution in [0.5, 0.6) is 0 Å². The lowest BCUT2D eigenvalue weighted by atomic mass is 9.54. The van der Waals surface area contributed by atoms with Crippen LogP contribution in [-0.4, -0.2) is 43.2 Å². The van der Waals surface area contributed by atoms with Crippen molar-refractivity contribution in [2.75, 3.05) is 19.7 Å². The van der Waals surface area contributed by atoms with E-state index in [-0.39, 0.29) is 17.9 Å². The molecular formula is C19H35N3O3. The Morgan fingerprint density at radius 2 is 1.76 bits per heavy atom. The van der Waals surface area contributed by atoms with E-state index in [0.717, 1.165) is 12.8 Å². The predicted molar refractivity (Wildman–Crippen MR) is 97.9 cm³/mol. The summed E-state index contributed by atoms with van der Waals surface area (Å²) in [7, 11) is 0. The highest BCUT2D eigenvalue weighted by atomic mass is 16.5. The number of hydrogen-bond acceptors (Lipinski definition) is 4. The number of nitrogens with one attached hydrogen (secondary N) is 2. The third-order valence-electron chi connectivity index (χ3n) is 6.17. The fourth-order valence-corrected chi connectivity index (χ4v) is 4.08. The zero-order chi connectivity index (χ0) is 18.5. The number of ether oxygens (including phenoxy) is 1. The number of carbonyl (C=O) groups is 2. The molecule has 0 heterocycles. The Bertz CT molecular complexity index is 475. The van der Waals surface area contributed by atoms with E-state index >= 15 is 0 Å². The van der Waals surface area contributed by atoms with Gasteiger partial charge in [-0.15, -0.1) is 0 Å². The molecule has 0 spiro atoms. The summed E-state index contributed by atoms with van der Waals surface area (Å²) in [6, 6.07) is 0. The zero-order valence-electron chi connectivity index (χ0n) is 16.0. The lowest BCUT2D eigenvalue weighted by Gasteiger charge is -2.57. The van der Waals surface area contributed by atoms with E-state index < -0.39 is 11.0 Å². The number of nitrogens with two attached hydrogens (primary N) is 1. The molecule has 0 radical (unpaired) electrons. The second kappa shape index (κ2) is 8.49. The van der Waals surface area contributed by atoms with Crippen molar-refractivity contribution in [1.29, 1.82) is 0 Å². The van der Waals surface area contributed by atoms with Crippen LogP contribution in [0.25, 0.3) is 0 Å². The van der Waals surface area contributed by atoms with Crippen molar-refractivity contribution in [3.8, 4) is 0 Å². The van der Waals surface area contributed by atoms with Crippen molar-refractivity contribution < 1.29 is 14.3 Å². The van der Waals surface area contributed by atoms with E-state index in [0.29, 0.717) is 38.5 Å². The van der Waals surface area contributed by atoms with Crippen LogP contribution in [0.2, 0.25) is 0 Å². The van der Waals surface area contributed by atoms with Gasteiger partial charge in [0.05, 0.1) is 6.10 Å². The second-order valence-electron chi connectivity index (χ2n) is 8.16. The summed E-state index contributed by atoms with van der Waals surface area (Å²) in [5, 5.41) is 5.77. The smallest absolute Gasteiger partial charge is 0.240 e. The van der Waals surface area contributed by atoms with Gasteiger partial charge in [-0.05, 0) is 25.7 Å². The van der Waals surface area contributed by atoms with Crippen molar-refractivity contribution in [2.45, 2.75) is 77.4 Å². The molecule has 144 valence electrons. The molecule has 2 amide bonds. The van der Waals surface area contributed by atoms with Gasteiger partial charge in [0, 0.05) is 38.0 Å². The van der Waals surface area contributed by atoms with Crippen molar-refractivity contribution in [1.82, 2.24) is 10.6 Å². The lowest BCUT2D eigenvalue weighted by molar-refractivity contribution is -0.170. The molecular weight excluding hydrogens is 318 g/mol. The van der Waals surface area contributed by atoms with E-state index in [9.17, 15) is 9.59 Å². The highest BCUT2D eigenvalue weighted by molar-refractivity contribution is 5.88. The highest BCUT2D eigenvalue weighted by Crippen LogP contribution is 2.49. The maximum Gasteiger partial charge on any atom is 0.240 e. The number of rotatable bonds is 8. The molecule has 2 atom stereocenters. The first-order valence-electron chi connectivity index (χ1n) is 9.76. The largest absolute Gasteiger partial charge is 0.378 e. The molecule has 6 heteroatoms. The highest BCUT2D eigenvalue weighted by Gasteiger charge is 2.62. The summed E-state index contributed by atoms with van der Waals surface area (Å²) < 4.78 is 5.65. The van der Waals surface area contributed by atoms with Crippen molar-refractivity contribution in [3.05, 3.63) is 0 Å². The van der Waals surface area contributed by atoms with E-state index in [1.165, 1.54) is 19.3 Å². The molecule has 2 rings (SSSR count). The quantitative estimate of drug-likeness (QED) is 0.579. The average Bonchev–Trinajstić information content (AvgIpc) is 2.59. The average molecular weight is 354 g/mol. The van der Waals surface area contributed by atoms with E-state index in [4.69, 9.17) is 10.5 Å². The first-order chi connectivity index (χ1) is 11.8. The SMILES string of the molecule is CCOC1CC(N)(C(=O)NCCNC(=O)CC2CCCCC2)C1(C)C. The Morgan fingerprint density at radius 1 is 1.12 bits per heavy atom. The molecule has 0 aromatic heterocycles. The summed E-state index contributed by atoms with van der Waals surface area (Å²) >= 11 is 0. The summed E-state index contributed by atoms with van der Waals surface area (Å²) in [4.78, 5) is 24.4. The van der Waals surface area contributed by atoms with Crippen LogP contribution in [-0.2, 0) is 14.3 Å². The monoisotopic (exact) mass is 353 g/mol. The van der Waals surface area contributed by atoms with Gasteiger partial charge in [-0.25, -0.2) is 0 Å². The molecule has 2 fully saturated rings. The minimum atomic E-state index is -0.904. The molecule has 0 aliphatic heterocycles. The topological polar surface area (TPSA) is 93.4 Å². The molecule has 25 heavy (non-hydrogen) atoms. The van der Waals surface area contributed by atoms with Gasteiger partial charge in [0.1, 0.15) is 5.54 Å². The molecule has 2 aliphatic carbocycles. The van der Waals surface area contributed by atoms with Crippen molar-refractivity contribution in [3.63, 3.8) is 0 Å². The number of amides is 2. The fraction of sp³-hybridized carbons (Fsp3) is 0.895. The Labute approximate surface area is 151 Å². The van der Waals surface area contributed by atoms with Crippen molar-refractivity contribution in [2.24, 2.45) is 17.1 Å². The minimum absolute atomic E-state index is 0.0171. The van der Waals surface area contributed by atoms with Crippen LogP contribution in [0, 0.1) is 11.3 Å². The normalized spacial score (nSPS) is 28.9. The third kappa shape index (κ3) is 4.53. The van der Waals surface area contributed by atoms with Crippen LogP contribution in [0.1, 0.15) is 65.7 Å². The van der Waals surface area contributed by atoms with Gasteiger partial charge < -0.3 is 21.1 Å². The van der Waals surface area contributed by atoms with Crippen LogP contribution in [0.3, 0.4) is 0 Å². The van der Waals surface area contributed by atoms with Crippen LogP contribution >= 0.6 is 0 Å². The van der Waals surface area contributed by atoms with Gasteiger partial charge in [0.25, 0.3) is 0 Å². The molecule has 2 saturated carbocycles. The van der Waals surface area contributed by atoms with Gasteiger partial charge in [0.15, 0.2) is 0 Å². The summed E-state index contributed by atoms with van der Waals surface area (Å²) in [6.07, 6.45) is 7.27. The Kier molecular flexibility index (Phi) is 6.86. The Hall–Kier alpha value is -1.14. The Morgan fingerprint density at radius 3 is 2.36 bits per heavy atom. The first kappa shape index (κ1) is 20.2. The predicted octanol–water partition coefficient (Wildman–Crippen LogP) is 1.72. The summed E-state index contributed by atoms with van der Waals surface area (Å²) in [6.45, 7) is 7.37. The molecule has 0 bridgehead atoms. The minimum Gasteiger partial charge on any atom is -0.378 e. The number of carbonyl (C=O) groups excluding carboxylic acids is 2. The maximum atomic E-state index is 12.5. The van der Waals surface area contributed by atoms with E-state index in [2.05, 4.69) is 10.6 Å². The molecule has 2 unspecified atom stereocenters. The molecule has 0 aromatic rings. The van der Waals surface area contributed by atoms with Gasteiger partial charge in [0.2, 0.25) is 11.8 Å². The fourth-order valence-electron chi connectivity index (χ4n) is 4.08. The van der Waals surface area contributed by atoms with E-state index in [1.807, 2.05) is 20.8 Å². The van der Waals surface area contributed by atoms with Gasteiger partial charge in [-0.1, -0.05) is 33.1 Å². The van der Waals surface area contributed by atoms with E-state index in [1.54, 1.807) is 0 Å². The third-order valence-corrected chi connectivity index (χ3v) is 6.17. The molecule has 0 aromatic carbocycles. The first-order valence-corrected chi connectivity index (χ1v) is 9.76. The molecule has 6 nitrogen and oxygen atoms in total. The second-order valence-corrected chi connectivity index (χ2v) is 8.16. The molecule has 4 N–H and O–H groups in total. The van der Waals surface area contributed by atoms with Crippen LogP contribution < -0.4 is 16.4 Å². The van der Waals surface area contributed by atoms with Gasteiger partial charge in [-0.2, -0.15) is 0 Å². The van der Waals surface area contributed by atoms with Gasteiger partial charge >= 0.3 is 0 Å². The van der Waals surface area contributed by atoms with Crippen molar-refractivity contribution >= 4 is 11.8 Å². The molecule has 0 saturated heterocycles. The number of hydrogen-bond donors (Lipinski definition) is 3. The van der Waals surface area contributed by atoms with Crippen LogP contribution in [0.15, 0.2) is 0 Å². The standard InChI is InChI=1S/C19H35N3O3/c1-4-25-15-13-19(20,18(15,2)3)17(24)22-11-10-21-16(23)12-14-8-6-5-7-9-14/h14-15H,4-13,20H2,1-3H3,(H,21,23)(H,22,24). The lowest BCUT2D eigenvalue weighted by Crippen LogP contribution is -2.75. The summed E-state index contributed by atoms with van der Waals surface area (Å²) in [5.74, 6) is 0.459.